The third-order valence-electron chi connectivity index (χ3n) is 3.00. The summed E-state index contributed by atoms with van der Waals surface area (Å²) in [6, 6.07) is 4.37. The molecule has 0 saturated heterocycles. The molecule has 0 aliphatic carbocycles. The van der Waals surface area contributed by atoms with Gasteiger partial charge in [0.25, 0.3) is 0 Å². The zero-order valence-electron chi connectivity index (χ0n) is 11.0. The molecule has 0 amide bonds. The summed E-state index contributed by atoms with van der Waals surface area (Å²) in [6.45, 7) is 7.34. The van der Waals surface area contributed by atoms with Gasteiger partial charge in [-0.05, 0) is 25.3 Å². The van der Waals surface area contributed by atoms with E-state index in [0.29, 0.717) is 0 Å². The van der Waals surface area contributed by atoms with Crippen molar-refractivity contribution in [1.82, 2.24) is 0 Å². The Hall–Kier alpha value is -1.38. The number of nitrogens with zero attached hydrogens (tertiary/aromatic N) is 1. The van der Waals surface area contributed by atoms with Crippen LogP contribution in [0, 0.1) is 20.8 Å². The predicted octanol–water partition coefficient (Wildman–Crippen LogP) is 2.54. The van der Waals surface area contributed by atoms with Gasteiger partial charge in [0.1, 0.15) is 6.54 Å². The molecule has 0 aliphatic heterocycles. The lowest BCUT2D eigenvalue weighted by molar-refractivity contribution is -0.709. The minimum Gasteiger partial charge on any atom is -0.481 e. The van der Waals surface area contributed by atoms with Crippen LogP contribution >= 0.6 is 0 Å². The number of rotatable bonds is 6. The number of aliphatic carboxylic acids is 1. The van der Waals surface area contributed by atoms with E-state index in [4.69, 9.17) is 5.11 Å². The molecule has 0 atom stereocenters. The number of aryl methyl sites for hydroxylation is 3. The monoisotopic (exact) mass is 236 g/mol. The van der Waals surface area contributed by atoms with E-state index >= 15 is 0 Å². The zero-order chi connectivity index (χ0) is 12.8. The minimum atomic E-state index is -0.694. The van der Waals surface area contributed by atoms with Crippen molar-refractivity contribution >= 4 is 5.97 Å². The van der Waals surface area contributed by atoms with Crippen molar-refractivity contribution in [2.24, 2.45) is 0 Å². The first-order valence-corrected chi connectivity index (χ1v) is 6.20. The summed E-state index contributed by atoms with van der Waals surface area (Å²) in [6.07, 6.45) is 3.09. The quantitative estimate of drug-likeness (QED) is 0.609. The predicted molar refractivity (Wildman–Crippen MR) is 67.0 cm³/mol. The highest BCUT2D eigenvalue weighted by Gasteiger charge is 2.10. The third kappa shape index (κ3) is 4.55. The highest BCUT2D eigenvalue weighted by Crippen LogP contribution is 2.04. The van der Waals surface area contributed by atoms with Gasteiger partial charge in [0.15, 0.2) is 11.4 Å². The van der Waals surface area contributed by atoms with Gasteiger partial charge in [-0.15, -0.1) is 0 Å². The van der Waals surface area contributed by atoms with Crippen LogP contribution in [0.15, 0.2) is 12.1 Å². The molecule has 1 heterocycles. The van der Waals surface area contributed by atoms with Gasteiger partial charge < -0.3 is 5.11 Å². The Kier molecular flexibility index (Phi) is 5.13. The summed E-state index contributed by atoms with van der Waals surface area (Å²) in [5.41, 5.74) is 3.85. The van der Waals surface area contributed by atoms with Crippen LogP contribution in [-0.2, 0) is 11.3 Å². The minimum absolute atomic E-state index is 0.288. The number of hydrogen-bond acceptors (Lipinski definition) is 1. The van der Waals surface area contributed by atoms with Crippen molar-refractivity contribution in [3.05, 3.63) is 29.1 Å². The number of carbonyl (C=O) groups is 1. The van der Waals surface area contributed by atoms with Crippen molar-refractivity contribution < 1.29 is 14.5 Å². The number of hydrogen-bond donors (Lipinski definition) is 1. The summed E-state index contributed by atoms with van der Waals surface area (Å²) >= 11 is 0. The van der Waals surface area contributed by atoms with Gasteiger partial charge in [0.2, 0.25) is 0 Å². The summed E-state index contributed by atoms with van der Waals surface area (Å²) < 4.78 is 2.30. The van der Waals surface area contributed by atoms with Crippen molar-refractivity contribution in [3.63, 3.8) is 0 Å². The number of pyridine rings is 1. The van der Waals surface area contributed by atoms with Crippen molar-refractivity contribution in [1.29, 1.82) is 0 Å². The number of unbranched alkanes of at least 4 members (excludes halogenated alkanes) is 2. The smallest absolute Gasteiger partial charge is 0.303 e. The molecule has 3 heteroatoms. The standard InChI is InChI=1S/C14H21NO2/c1-11-9-12(2)15(13(3)10-11)8-6-4-5-7-14(16)17/h9-10H,4-8H2,1-3H3/p+1. The van der Waals surface area contributed by atoms with Crippen LogP contribution in [0.1, 0.15) is 42.6 Å². The molecule has 1 N–H and O–H groups in total. The molecule has 1 aromatic heterocycles. The highest BCUT2D eigenvalue weighted by molar-refractivity contribution is 5.66. The van der Waals surface area contributed by atoms with E-state index < -0.39 is 5.97 Å². The normalized spacial score (nSPS) is 10.5. The Balaban J connectivity index is 2.44. The molecule has 0 aromatic carbocycles. The largest absolute Gasteiger partial charge is 0.481 e. The molecular weight excluding hydrogens is 214 g/mol. The lowest BCUT2D eigenvalue weighted by atomic mass is 10.1. The molecule has 0 aliphatic rings. The number of carboxylic acids is 1. The van der Waals surface area contributed by atoms with E-state index in [2.05, 4.69) is 37.5 Å². The first-order valence-electron chi connectivity index (χ1n) is 6.20. The molecule has 0 unspecified atom stereocenters. The molecule has 0 bridgehead atoms. The molecule has 3 nitrogen and oxygen atoms in total. The van der Waals surface area contributed by atoms with Gasteiger partial charge >= 0.3 is 5.97 Å². The first kappa shape index (κ1) is 13.7. The first-order chi connectivity index (χ1) is 8.00. The Morgan fingerprint density at radius 3 is 2.24 bits per heavy atom. The Bertz CT molecular complexity index is 376. The fourth-order valence-corrected chi connectivity index (χ4v) is 2.21. The Labute approximate surface area is 103 Å². The van der Waals surface area contributed by atoms with E-state index in [1.165, 1.54) is 17.0 Å². The SMILES string of the molecule is Cc1cc(C)[n+](CCCCCC(=O)O)c(C)c1. The molecule has 0 fully saturated rings. The summed E-state index contributed by atoms with van der Waals surface area (Å²) in [4.78, 5) is 10.4. The fraction of sp³-hybridized carbons (Fsp3) is 0.571. The summed E-state index contributed by atoms with van der Waals surface area (Å²) in [5, 5.41) is 8.54. The van der Waals surface area contributed by atoms with Crippen LogP contribution in [0.2, 0.25) is 0 Å². The van der Waals surface area contributed by atoms with Gasteiger partial charge in [-0.3, -0.25) is 4.79 Å². The van der Waals surface area contributed by atoms with Gasteiger partial charge in [-0.1, -0.05) is 0 Å². The van der Waals surface area contributed by atoms with Gasteiger partial charge in [-0.25, -0.2) is 4.57 Å². The molecule has 94 valence electrons. The summed E-state index contributed by atoms with van der Waals surface area (Å²) in [5.74, 6) is -0.694. The molecule has 1 aromatic rings. The van der Waals surface area contributed by atoms with E-state index in [1.807, 2.05) is 0 Å². The Morgan fingerprint density at radius 2 is 1.71 bits per heavy atom. The van der Waals surface area contributed by atoms with Crippen molar-refractivity contribution in [3.8, 4) is 0 Å². The highest BCUT2D eigenvalue weighted by atomic mass is 16.4. The van der Waals surface area contributed by atoms with Gasteiger partial charge in [0.05, 0.1) is 0 Å². The maximum absolute atomic E-state index is 10.4. The maximum atomic E-state index is 10.4. The topological polar surface area (TPSA) is 41.2 Å². The van der Waals surface area contributed by atoms with Crippen LogP contribution in [0.4, 0.5) is 0 Å². The fourth-order valence-electron chi connectivity index (χ4n) is 2.21. The second-order valence-corrected chi connectivity index (χ2v) is 4.67. The van der Waals surface area contributed by atoms with Crippen LogP contribution in [0.25, 0.3) is 0 Å². The second kappa shape index (κ2) is 6.38. The molecule has 17 heavy (non-hydrogen) atoms. The number of aromatic nitrogens is 1. The third-order valence-corrected chi connectivity index (χ3v) is 3.00. The number of carboxylic acid groups (broad SMARTS) is 1. The van der Waals surface area contributed by atoms with E-state index in [9.17, 15) is 4.79 Å². The van der Waals surface area contributed by atoms with Gasteiger partial charge in [0, 0.05) is 38.8 Å². The van der Waals surface area contributed by atoms with Crippen LogP contribution < -0.4 is 4.57 Å². The van der Waals surface area contributed by atoms with Crippen LogP contribution in [0.5, 0.6) is 0 Å². The second-order valence-electron chi connectivity index (χ2n) is 4.67. The molecular formula is C14H22NO2+. The van der Waals surface area contributed by atoms with E-state index in [0.717, 1.165) is 25.8 Å². The van der Waals surface area contributed by atoms with Crippen molar-refractivity contribution in [2.75, 3.05) is 0 Å². The van der Waals surface area contributed by atoms with Crippen molar-refractivity contribution in [2.45, 2.75) is 53.0 Å². The summed E-state index contributed by atoms with van der Waals surface area (Å²) in [7, 11) is 0. The van der Waals surface area contributed by atoms with Gasteiger partial charge in [-0.2, -0.15) is 0 Å². The maximum Gasteiger partial charge on any atom is 0.303 e. The lowest BCUT2D eigenvalue weighted by Crippen LogP contribution is -2.40. The van der Waals surface area contributed by atoms with Crippen LogP contribution in [0.3, 0.4) is 0 Å². The van der Waals surface area contributed by atoms with E-state index in [-0.39, 0.29) is 6.42 Å². The molecule has 0 saturated carbocycles. The average molecular weight is 236 g/mol. The molecule has 1 rings (SSSR count). The Morgan fingerprint density at radius 1 is 1.12 bits per heavy atom. The molecule has 0 spiro atoms. The molecule has 0 radical (unpaired) electrons. The van der Waals surface area contributed by atoms with E-state index in [1.54, 1.807) is 0 Å². The zero-order valence-corrected chi connectivity index (χ0v) is 11.0. The lowest BCUT2D eigenvalue weighted by Gasteiger charge is -2.05. The van der Waals surface area contributed by atoms with Crippen LogP contribution in [-0.4, -0.2) is 11.1 Å². The average Bonchev–Trinajstić information content (AvgIpc) is 2.20.